The van der Waals surface area contributed by atoms with Crippen molar-refractivity contribution in [1.82, 2.24) is 0 Å². The average Bonchev–Trinajstić information content (AvgIpc) is 2.33. The van der Waals surface area contributed by atoms with Crippen molar-refractivity contribution in [2.45, 2.75) is 6.18 Å². The summed E-state index contributed by atoms with van der Waals surface area (Å²) in [6.45, 7) is 0. The molecule has 3 N–H and O–H groups in total. The average molecular weight is 321 g/mol. The van der Waals surface area contributed by atoms with Crippen molar-refractivity contribution in [3.63, 3.8) is 0 Å². The molecule has 20 heavy (non-hydrogen) atoms. The number of hydrogen-bond donors (Lipinski definition) is 2. The summed E-state index contributed by atoms with van der Waals surface area (Å²) in [5.41, 5.74) is 5.63. The van der Waals surface area contributed by atoms with Crippen LogP contribution in [0.15, 0.2) is 36.4 Å². The first-order chi connectivity index (χ1) is 9.27. The van der Waals surface area contributed by atoms with Crippen LogP contribution in [-0.2, 0) is 6.18 Å². The maximum Gasteiger partial charge on any atom is 0.416 e. The molecule has 2 nitrogen and oxygen atoms in total. The van der Waals surface area contributed by atoms with Crippen molar-refractivity contribution in [2.75, 3.05) is 11.1 Å². The molecule has 2 rings (SSSR count). The predicted octanol–water partition coefficient (Wildman–Crippen LogP) is 5.34. The molecule has 0 radical (unpaired) electrons. The van der Waals surface area contributed by atoms with Gasteiger partial charge >= 0.3 is 6.18 Å². The Labute approximate surface area is 123 Å². The number of nitrogens with two attached hydrogens (primary N) is 1. The fourth-order valence-electron chi connectivity index (χ4n) is 1.59. The van der Waals surface area contributed by atoms with Crippen LogP contribution in [0.1, 0.15) is 5.56 Å². The van der Waals surface area contributed by atoms with Gasteiger partial charge in [-0.1, -0.05) is 23.2 Å². The molecule has 0 atom stereocenters. The second-order valence-electron chi connectivity index (χ2n) is 4.05. The first-order valence-corrected chi connectivity index (χ1v) is 6.22. The van der Waals surface area contributed by atoms with Crippen molar-refractivity contribution >= 4 is 40.3 Å². The number of rotatable bonds is 2. The van der Waals surface area contributed by atoms with Crippen LogP contribution in [0.2, 0.25) is 10.0 Å². The van der Waals surface area contributed by atoms with E-state index < -0.39 is 11.7 Å². The molecule has 0 saturated heterocycles. The molecule has 0 spiro atoms. The fourth-order valence-corrected chi connectivity index (χ4v) is 2.04. The third kappa shape index (κ3) is 3.29. The van der Waals surface area contributed by atoms with Crippen molar-refractivity contribution in [3.8, 4) is 0 Å². The van der Waals surface area contributed by atoms with Crippen LogP contribution in [0.5, 0.6) is 0 Å². The molecule has 0 fully saturated rings. The highest BCUT2D eigenvalue weighted by atomic mass is 35.5. The van der Waals surface area contributed by atoms with Gasteiger partial charge in [0, 0.05) is 5.02 Å². The van der Waals surface area contributed by atoms with E-state index in [1.54, 1.807) is 12.1 Å². The van der Waals surface area contributed by atoms with Gasteiger partial charge in [-0.15, -0.1) is 0 Å². The molecular weight excluding hydrogens is 312 g/mol. The van der Waals surface area contributed by atoms with Crippen molar-refractivity contribution in [3.05, 3.63) is 52.0 Å². The van der Waals surface area contributed by atoms with E-state index in [1.165, 1.54) is 12.1 Å². The van der Waals surface area contributed by atoms with Crippen LogP contribution in [0.25, 0.3) is 0 Å². The number of nitrogens with one attached hydrogen (secondary N) is 1. The number of anilines is 3. The van der Waals surface area contributed by atoms with E-state index in [-0.39, 0.29) is 5.69 Å². The van der Waals surface area contributed by atoms with Crippen LogP contribution in [0, 0.1) is 0 Å². The summed E-state index contributed by atoms with van der Waals surface area (Å²) in [5.74, 6) is 0. The Bertz CT molecular complexity index is 642. The third-order valence-corrected chi connectivity index (χ3v) is 3.13. The number of benzene rings is 2. The second kappa shape index (κ2) is 5.42. The van der Waals surface area contributed by atoms with E-state index in [2.05, 4.69) is 5.32 Å². The van der Waals surface area contributed by atoms with E-state index in [9.17, 15) is 13.2 Å². The minimum atomic E-state index is -4.43. The van der Waals surface area contributed by atoms with Crippen LogP contribution in [-0.4, -0.2) is 0 Å². The van der Waals surface area contributed by atoms with Crippen LogP contribution in [0.4, 0.5) is 30.2 Å². The predicted molar refractivity (Wildman–Crippen MR) is 75.6 cm³/mol. The Morgan fingerprint density at radius 2 is 1.60 bits per heavy atom. The molecule has 106 valence electrons. The van der Waals surface area contributed by atoms with Crippen LogP contribution in [0.3, 0.4) is 0 Å². The number of alkyl halides is 3. The Morgan fingerprint density at radius 1 is 0.950 bits per heavy atom. The molecular formula is C13H9Cl2F3N2. The van der Waals surface area contributed by atoms with Gasteiger partial charge < -0.3 is 11.1 Å². The summed E-state index contributed by atoms with van der Waals surface area (Å²) >= 11 is 11.7. The zero-order chi connectivity index (χ0) is 14.9. The summed E-state index contributed by atoms with van der Waals surface area (Å²) in [6, 6.07) is 7.81. The Kier molecular flexibility index (Phi) is 4.01. The monoisotopic (exact) mass is 320 g/mol. The third-order valence-electron chi connectivity index (χ3n) is 2.58. The minimum absolute atomic E-state index is 0.0224. The summed E-state index contributed by atoms with van der Waals surface area (Å²) in [4.78, 5) is 0. The maximum atomic E-state index is 12.5. The van der Waals surface area contributed by atoms with Gasteiger partial charge in [-0.25, -0.2) is 0 Å². The molecule has 0 bridgehead atoms. The van der Waals surface area contributed by atoms with Crippen LogP contribution >= 0.6 is 23.2 Å². The first-order valence-electron chi connectivity index (χ1n) is 5.46. The number of nitrogen functional groups attached to an aromatic ring is 1. The van der Waals surface area contributed by atoms with Gasteiger partial charge in [0.05, 0.1) is 27.6 Å². The molecule has 0 aliphatic rings. The molecule has 2 aromatic rings. The molecule has 0 amide bonds. The quantitative estimate of drug-likeness (QED) is 0.733. The Morgan fingerprint density at radius 3 is 2.15 bits per heavy atom. The summed E-state index contributed by atoms with van der Waals surface area (Å²) < 4.78 is 37.6. The van der Waals surface area contributed by atoms with Crippen molar-refractivity contribution in [2.24, 2.45) is 0 Å². The summed E-state index contributed by atoms with van der Waals surface area (Å²) in [5, 5.41) is 3.67. The maximum absolute atomic E-state index is 12.5. The van der Waals surface area contributed by atoms with Gasteiger partial charge in [-0.3, -0.25) is 0 Å². The lowest BCUT2D eigenvalue weighted by atomic mass is 10.1. The largest absolute Gasteiger partial charge is 0.416 e. The van der Waals surface area contributed by atoms with E-state index in [4.69, 9.17) is 28.9 Å². The summed E-state index contributed by atoms with van der Waals surface area (Å²) in [7, 11) is 0. The van der Waals surface area contributed by atoms with Gasteiger partial charge in [0.2, 0.25) is 0 Å². The number of halogens is 5. The highest BCUT2D eigenvalue weighted by Gasteiger charge is 2.30. The van der Waals surface area contributed by atoms with Crippen LogP contribution < -0.4 is 11.1 Å². The molecule has 0 aliphatic carbocycles. The summed E-state index contributed by atoms with van der Waals surface area (Å²) in [6.07, 6.45) is -4.43. The topological polar surface area (TPSA) is 38.0 Å². The zero-order valence-electron chi connectivity index (χ0n) is 9.93. The lowest BCUT2D eigenvalue weighted by Crippen LogP contribution is -2.06. The van der Waals surface area contributed by atoms with Gasteiger partial charge in [0.15, 0.2) is 0 Å². The number of hydrogen-bond acceptors (Lipinski definition) is 2. The molecule has 0 unspecified atom stereocenters. The van der Waals surface area contributed by atoms with E-state index in [0.29, 0.717) is 21.4 Å². The molecule has 0 aromatic heterocycles. The van der Waals surface area contributed by atoms with Crippen molar-refractivity contribution < 1.29 is 13.2 Å². The first kappa shape index (κ1) is 14.8. The van der Waals surface area contributed by atoms with E-state index in [1.807, 2.05) is 0 Å². The Hall–Kier alpha value is -1.59. The lowest BCUT2D eigenvalue weighted by molar-refractivity contribution is -0.137. The smallest absolute Gasteiger partial charge is 0.397 e. The zero-order valence-corrected chi connectivity index (χ0v) is 11.4. The molecule has 0 heterocycles. The van der Waals surface area contributed by atoms with E-state index in [0.717, 1.165) is 12.1 Å². The van der Waals surface area contributed by atoms with E-state index >= 15 is 0 Å². The fraction of sp³-hybridized carbons (Fsp3) is 0.0769. The molecule has 0 aliphatic heterocycles. The van der Waals surface area contributed by atoms with Gasteiger partial charge in [0.25, 0.3) is 0 Å². The van der Waals surface area contributed by atoms with Crippen molar-refractivity contribution in [1.29, 1.82) is 0 Å². The van der Waals surface area contributed by atoms with Gasteiger partial charge in [-0.2, -0.15) is 13.2 Å². The van der Waals surface area contributed by atoms with Gasteiger partial charge in [-0.05, 0) is 36.4 Å². The SMILES string of the molecule is Nc1cc(C(F)(F)F)ccc1Nc1ccc(Cl)cc1Cl. The standard InChI is InChI=1S/C13H9Cl2F3N2/c14-8-2-4-11(9(15)6-8)20-12-3-1-7(5-10(12)19)13(16,17)18/h1-6,20H,19H2. The minimum Gasteiger partial charge on any atom is -0.397 e. The molecule has 2 aromatic carbocycles. The second-order valence-corrected chi connectivity index (χ2v) is 4.89. The molecule has 7 heteroatoms. The highest BCUT2D eigenvalue weighted by molar-refractivity contribution is 6.36. The normalized spacial score (nSPS) is 11.4. The van der Waals surface area contributed by atoms with Gasteiger partial charge in [0.1, 0.15) is 0 Å². The Balaban J connectivity index is 2.30. The molecule has 0 saturated carbocycles. The highest BCUT2D eigenvalue weighted by Crippen LogP contribution is 2.35. The lowest BCUT2D eigenvalue weighted by Gasteiger charge is -2.13.